The first-order valence-corrected chi connectivity index (χ1v) is 12.5. The fraction of sp³-hybridized carbons (Fsp3) is 0.429. The van der Waals surface area contributed by atoms with Crippen molar-refractivity contribution in [3.05, 3.63) is 59.2 Å². The second kappa shape index (κ2) is 16.1. The highest BCUT2D eigenvalue weighted by atomic mass is 16.6. The van der Waals surface area contributed by atoms with Crippen molar-refractivity contribution in [2.24, 2.45) is 5.10 Å². The lowest BCUT2D eigenvalue weighted by molar-refractivity contribution is -0.126. The van der Waals surface area contributed by atoms with E-state index in [-0.39, 0.29) is 18.2 Å². The molecule has 0 saturated carbocycles. The zero-order valence-corrected chi connectivity index (χ0v) is 21.5. The van der Waals surface area contributed by atoms with E-state index < -0.39 is 11.9 Å². The molecule has 2 amide bonds. The first-order chi connectivity index (χ1) is 17.4. The number of nitrogens with zero attached hydrogens (tertiary/aromatic N) is 1. The molecule has 8 nitrogen and oxygen atoms in total. The Morgan fingerprint density at radius 1 is 0.889 bits per heavy atom. The molecule has 0 atom stereocenters. The number of esters is 1. The van der Waals surface area contributed by atoms with E-state index in [2.05, 4.69) is 22.8 Å². The molecule has 36 heavy (non-hydrogen) atoms. The van der Waals surface area contributed by atoms with Crippen LogP contribution in [0, 0.1) is 6.92 Å². The van der Waals surface area contributed by atoms with Crippen LogP contribution in [0.25, 0.3) is 0 Å². The highest BCUT2D eigenvalue weighted by Crippen LogP contribution is 2.28. The number of benzene rings is 2. The standard InChI is InChI=1S/C28H37N3O5/c1-4-5-6-7-8-9-10-11-26(32)29-20-27(33)31-30-19-22-14-17-24(25(18-22)35-3)36-28(34)23-15-12-21(2)13-16-23/h12-19H,4-11,20H2,1-3H3,(H,29,32)(H,31,33)/b30-19+. The van der Waals surface area contributed by atoms with E-state index in [0.29, 0.717) is 23.3 Å². The van der Waals surface area contributed by atoms with Crippen molar-refractivity contribution >= 4 is 24.0 Å². The largest absolute Gasteiger partial charge is 0.493 e. The van der Waals surface area contributed by atoms with Crippen LogP contribution in [0.15, 0.2) is 47.6 Å². The van der Waals surface area contributed by atoms with Crippen molar-refractivity contribution in [1.82, 2.24) is 10.7 Å². The lowest BCUT2D eigenvalue weighted by Gasteiger charge is -2.10. The molecule has 2 aromatic carbocycles. The molecule has 0 fully saturated rings. The molecule has 8 heteroatoms. The lowest BCUT2D eigenvalue weighted by Crippen LogP contribution is -2.34. The summed E-state index contributed by atoms with van der Waals surface area (Å²) in [5, 5.41) is 6.52. The summed E-state index contributed by atoms with van der Waals surface area (Å²) in [7, 11) is 1.47. The summed E-state index contributed by atoms with van der Waals surface area (Å²) < 4.78 is 10.8. The summed E-state index contributed by atoms with van der Waals surface area (Å²) in [6.07, 6.45) is 9.81. The number of methoxy groups -OCH3 is 1. The second-order valence-electron chi connectivity index (χ2n) is 8.61. The molecule has 0 aromatic heterocycles. The van der Waals surface area contributed by atoms with Gasteiger partial charge in [0.05, 0.1) is 25.4 Å². The van der Waals surface area contributed by atoms with Gasteiger partial charge in [0, 0.05) is 6.42 Å². The number of hydrogen-bond donors (Lipinski definition) is 2. The van der Waals surface area contributed by atoms with Crippen LogP contribution in [0.5, 0.6) is 11.5 Å². The summed E-state index contributed by atoms with van der Waals surface area (Å²) in [5.74, 6) is -0.426. The number of hydrazone groups is 1. The molecule has 2 aromatic rings. The molecule has 0 radical (unpaired) electrons. The lowest BCUT2D eigenvalue weighted by atomic mass is 10.1. The normalized spacial score (nSPS) is 10.8. The maximum atomic E-state index is 12.4. The van der Waals surface area contributed by atoms with Crippen LogP contribution in [0.1, 0.15) is 79.8 Å². The second-order valence-corrected chi connectivity index (χ2v) is 8.61. The quantitative estimate of drug-likeness (QED) is 0.120. The summed E-state index contributed by atoms with van der Waals surface area (Å²) >= 11 is 0. The SMILES string of the molecule is CCCCCCCCCC(=O)NCC(=O)N/N=C/c1ccc(OC(=O)c2ccc(C)cc2)c(OC)c1. The molecule has 0 aliphatic carbocycles. The molecule has 194 valence electrons. The average Bonchev–Trinajstić information content (AvgIpc) is 2.88. The molecule has 0 spiro atoms. The Hall–Kier alpha value is -3.68. The van der Waals surface area contributed by atoms with E-state index in [0.717, 1.165) is 24.8 Å². The number of carbonyl (C=O) groups is 3. The van der Waals surface area contributed by atoms with Gasteiger partial charge in [-0.15, -0.1) is 0 Å². The minimum Gasteiger partial charge on any atom is -0.493 e. The monoisotopic (exact) mass is 495 g/mol. The number of nitrogens with one attached hydrogen (secondary N) is 2. The van der Waals surface area contributed by atoms with Gasteiger partial charge in [-0.1, -0.05) is 63.1 Å². The maximum absolute atomic E-state index is 12.4. The van der Waals surface area contributed by atoms with Crippen LogP contribution in [-0.2, 0) is 9.59 Å². The predicted molar refractivity (Wildman–Crippen MR) is 140 cm³/mol. The van der Waals surface area contributed by atoms with Crippen LogP contribution in [0.4, 0.5) is 0 Å². The van der Waals surface area contributed by atoms with Crippen molar-refractivity contribution in [1.29, 1.82) is 0 Å². The predicted octanol–water partition coefficient (Wildman–Crippen LogP) is 4.93. The van der Waals surface area contributed by atoms with E-state index in [4.69, 9.17) is 9.47 Å². The zero-order chi connectivity index (χ0) is 26.2. The third kappa shape index (κ3) is 10.7. The minimum atomic E-state index is -0.490. The molecule has 0 aliphatic heterocycles. The first kappa shape index (κ1) is 28.6. The van der Waals surface area contributed by atoms with Gasteiger partial charge < -0.3 is 14.8 Å². The van der Waals surface area contributed by atoms with Gasteiger partial charge in [0.25, 0.3) is 5.91 Å². The minimum absolute atomic E-state index is 0.135. The Kier molecular flexibility index (Phi) is 12.8. The number of ether oxygens (including phenoxy) is 2. The van der Waals surface area contributed by atoms with E-state index in [1.807, 2.05) is 19.1 Å². The first-order valence-electron chi connectivity index (χ1n) is 12.5. The van der Waals surface area contributed by atoms with E-state index in [1.165, 1.54) is 39.0 Å². The number of aryl methyl sites for hydroxylation is 1. The topological polar surface area (TPSA) is 106 Å². The van der Waals surface area contributed by atoms with E-state index in [1.54, 1.807) is 30.3 Å². The third-order valence-electron chi connectivity index (χ3n) is 5.53. The average molecular weight is 496 g/mol. The van der Waals surface area contributed by atoms with Gasteiger partial charge in [-0.3, -0.25) is 9.59 Å². The fourth-order valence-corrected chi connectivity index (χ4v) is 3.43. The fourth-order valence-electron chi connectivity index (χ4n) is 3.43. The Morgan fingerprint density at radius 2 is 1.58 bits per heavy atom. The van der Waals surface area contributed by atoms with Crippen molar-refractivity contribution in [2.45, 2.75) is 65.2 Å². The smallest absolute Gasteiger partial charge is 0.343 e. The van der Waals surface area contributed by atoms with Gasteiger partial charge in [-0.05, 0) is 49.2 Å². The van der Waals surface area contributed by atoms with Crippen LogP contribution in [-0.4, -0.2) is 37.7 Å². The number of unbranched alkanes of at least 4 members (excludes halogenated alkanes) is 6. The number of hydrogen-bond acceptors (Lipinski definition) is 6. The molecule has 0 aliphatic rings. The number of carbonyl (C=O) groups excluding carboxylic acids is 3. The van der Waals surface area contributed by atoms with Crippen molar-refractivity contribution in [2.75, 3.05) is 13.7 Å². The Labute approximate surface area is 213 Å². The van der Waals surface area contributed by atoms with Crippen LogP contribution >= 0.6 is 0 Å². The van der Waals surface area contributed by atoms with E-state index >= 15 is 0 Å². The van der Waals surface area contributed by atoms with Gasteiger partial charge in [-0.25, -0.2) is 10.2 Å². The third-order valence-corrected chi connectivity index (χ3v) is 5.53. The molecule has 2 rings (SSSR count). The van der Waals surface area contributed by atoms with Gasteiger partial charge >= 0.3 is 5.97 Å². The van der Waals surface area contributed by atoms with Gasteiger partial charge in [0.15, 0.2) is 11.5 Å². The van der Waals surface area contributed by atoms with Gasteiger partial charge in [0.2, 0.25) is 5.91 Å². The molecule has 0 saturated heterocycles. The molecule has 0 bridgehead atoms. The summed E-state index contributed by atoms with van der Waals surface area (Å²) in [6.45, 7) is 3.99. The summed E-state index contributed by atoms with van der Waals surface area (Å²) in [4.78, 5) is 36.2. The van der Waals surface area contributed by atoms with E-state index in [9.17, 15) is 14.4 Å². The molecule has 0 heterocycles. The molecular weight excluding hydrogens is 458 g/mol. The van der Waals surface area contributed by atoms with Crippen molar-refractivity contribution in [3.8, 4) is 11.5 Å². The summed E-state index contributed by atoms with van der Waals surface area (Å²) in [6, 6.07) is 12.0. The number of rotatable bonds is 15. The van der Waals surface area contributed by atoms with Crippen LogP contribution < -0.4 is 20.2 Å². The van der Waals surface area contributed by atoms with Crippen molar-refractivity contribution < 1.29 is 23.9 Å². The van der Waals surface area contributed by atoms with Gasteiger partial charge in [0.1, 0.15) is 0 Å². The molecule has 0 unspecified atom stereocenters. The molecule has 2 N–H and O–H groups in total. The number of amides is 2. The maximum Gasteiger partial charge on any atom is 0.343 e. The molecular formula is C28H37N3O5. The van der Waals surface area contributed by atoms with Gasteiger partial charge in [-0.2, -0.15) is 5.10 Å². The Bertz CT molecular complexity index is 1020. The zero-order valence-electron chi connectivity index (χ0n) is 21.5. The summed E-state index contributed by atoms with van der Waals surface area (Å²) in [5.41, 5.74) is 4.49. The van der Waals surface area contributed by atoms with Crippen molar-refractivity contribution in [3.63, 3.8) is 0 Å². The van der Waals surface area contributed by atoms with Crippen LogP contribution in [0.2, 0.25) is 0 Å². The highest BCUT2D eigenvalue weighted by Gasteiger charge is 2.13. The highest BCUT2D eigenvalue weighted by molar-refractivity contribution is 5.92. The van der Waals surface area contributed by atoms with Crippen LogP contribution in [0.3, 0.4) is 0 Å². The Balaban J connectivity index is 1.74. The Morgan fingerprint density at radius 3 is 2.28 bits per heavy atom.